The first-order valence-electron chi connectivity index (χ1n) is 13.4. The zero-order valence-electron chi connectivity index (χ0n) is 23.0. The van der Waals surface area contributed by atoms with Crippen LogP contribution >= 0.6 is 0 Å². The molecule has 0 aliphatic heterocycles. The van der Waals surface area contributed by atoms with E-state index in [0.717, 1.165) is 28.2 Å². The van der Waals surface area contributed by atoms with Crippen LogP contribution in [0.4, 0.5) is 0 Å². The van der Waals surface area contributed by atoms with Gasteiger partial charge in [0.1, 0.15) is 12.1 Å². The van der Waals surface area contributed by atoms with Gasteiger partial charge < -0.3 is 16.0 Å². The number of para-hydroxylation sites is 1. The summed E-state index contributed by atoms with van der Waals surface area (Å²) in [6.07, 6.45) is 0.842. The van der Waals surface area contributed by atoms with Gasteiger partial charge in [0.2, 0.25) is 17.7 Å². The molecule has 8 nitrogen and oxygen atoms in total. The summed E-state index contributed by atoms with van der Waals surface area (Å²) in [5.74, 6) is -1.09. The second-order valence-corrected chi connectivity index (χ2v) is 9.88. The fourth-order valence-corrected chi connectivity index (χ4v) is 4.56. The lowest BCUT2D eigenvalue weighted by Crippen LogP contribution is -2.53. The lowest BCUT2D eigenvalue weighted by atomic mass is 10.0. The number of hydrogen-bond acceptors (Lipinski definition) is 4. The smallest absolute Gasteiger partial charge is 0.243 e. The molecule has 0 spiro atoms. The van der Waals surface area contributed by atoms with Gasteiger partial charge in [-0.2, -0.15) is 5.10 Å². The fourth-order valence-electron chi connectivity index (χ4n) is 4.56. The number of rotatable bonds is 11. The second kappa shape index (κ2) is 13.4. The molecule has 1 heterocycles. The van der Waals surface area contributed by atoms with Crippen molar-refractivity contribution in [2.24, 2.45) is 0 Å². The maximum absolute atomic E-state index is 13.4. The van der Waals surface area contributed by atoms with E-state index in [2.05, 4.69) is 16.0 Å². The summed E-state index contributed by atoms with van der Waals surface area (Å²) >= 11 is 0. The van der Waals surface area contributed by atoms with E-state index in [1.54, 1.807) is 6.92 Å². The minimum absolute atomic E-state index is 0.313. The molecule has 3 N–H and O–H groups in total. The highest BCUT2D eigenvalue weighted by molar-refractivity contribution is 5.91. The lowest BCUT2D eigenvalue weighted by Gasteiger charge is -2.23. The molecule has 3 atom stereocenters. The standard InChI is InChI=1S/C32H35N5O3/c1-22-19-29(36-37(22)27-17-11-6-12-18-27)28(20-25-13-7-4-8-14-25)35-31(39)23(2)33-32(40)30(34-24(3)38)21-26-15-9-5-10-16-26/h4-19,23,28,30H,20-21H2,1-3H3,(H,33,40)(H,34,38)(H,35,39)/t23-,28-,30-/m0/s1. The van der Waals surface area contributed by atoms with Gasteiger partial charge in [-0.25, -0.2) is 4.68 Å². The Bertz CT molecular complexity index is 1420. The van der Waals surface area contributed by atoms with Crippen LogP contribution in [-0.2, 0) is 27.2 Å². The van der Waals surface area contributed by atoms with Crippen LogP contribution in [0.15, 0.2) is 97.1 Å². The molecule has 3 aromatic carbocycles. The molecule has 0 aliphatic carbocycles. The monoisotopic (exact) mass is 537 g/mol. The first-order chi connectivity index (χ1) is 19.3. The molecule has 1 aromatic heterocycles. The van der Waals surface area contributed by atoms with E-state index < -0.39 is 24.0 Å². The van der Waals surface area contributed by atoms with Gasteiger partial charge >= 0.3 is 0 Å². The summed E-state index contributed by atoms with van der Waals surface area (Å²) < 4.78 is 1.85. The lowest BCUT2D eigenvalue weighted by molar-refractivity contribution is -0.131. The number of carbonyl (C=O) groups is 3. The van der Waals surface area contributed by atoms with Gasteiger partial charge in [-0.3, -0.25) is 14.4 Å². The number of benzene rings is 3. The highest BCUT2D eigenvalue weighted by Gasteiger charge is 2.26. The molecule has 4 aromatic rings. The molecular formula is C32H35N5O3. The molecule has 206 valence electrons. The fraction of sp³-hybridized carbons (Fsp3) is 0.250. The average Bonchev–Trinajstić information content (AvgIpc) is 3.35. The van der Waals surface area contributed by atoms with Crippen LogP contribution in [0.2, 0.25) is 0 Å². The quantitative estimate of drug-likeness (QED) is 0.270. The molecular weight excluding hydrogens is 502 g/mol. The molecule has 8 heteroatoms. The van der Waals surface area contributed by atoms with Gasteiger partial charge in [0.15, 0.2) is 0 Å². The molecule has 4 rings (SSSR count). The van der Waals surface area contributed by atoms with Crippen LogP contribution in [0.25, 0.3) is 5.69 Å². The molecule has 0 aliphatic rings. The van der Waals surface area contributed by atoms with Crippen LogP contribution in [0.5, 0.6) is 0 Å². The third-order valence-corrected chi connectivity index (χ3v) is 6.59. The summed E-state index contributed by atoms with van der Waals surface area (Å²) in [6, 6.07) is 29.0. The van der Waals surface area contributed by atoms with Crippen molar-refractivity contribution >= 4 is 17.7 Å². The first kappa shape index (κ1) is 28.3. The number of carbonyl (C=O) groups excluding carboxylic acids is 3. The number of aryl methyl sites for hydroxylation is 1. The van der Waals surface area contributed by atoms with Gasteiger partial charge in [-0.15, -0.1) is 0 Å². The van der Waals surface area contributed by atoms with Crippen molar-refractivity contribution in [2.45, 2.75) is 51.7 Å². The second-order valence-electron chi connectivity index (χ2n) is 9.88. The van der Waals surface area contributed by atoms with Crippen molar-refractivity contribution in [3.8, 4) is 5.69 Å². The van der Waals surface area contributed by atoms with Crippen LogP contribution in [0.3, 0.4) is 0 Å². The maximum Gasteiger partial charge on any atom is 0.243 e. The van der Waals surface area contributed by atoms with Gasteiger partial charge in [0.05, 0.1) is 17.4 Å². The maximum atomic E-state index is 13.4. The van der Waals surface area contributed by atoms with E-state index in [9.17, 15) is 14.4 Å². The Morgan fingerprint density at radius 2 is 1.30 bits per heavy atom. The van der Waals surface area contributed by atoms with E-state index in [-0.39, 0.29) is 11.8 Å². The van der Waals surface area contributed by atoms with Crippen molar-refractivity contribution in [1.29, 1.82) is 0 Å². The molecule has 0 radical (unpaired) electrons. The van der Waals surface area contributed by atoms with Gasteiger partial charge in [0, 0.05) is 19.0 Å². The van der Waals surface area contributed by atoms with E-state index in [1.165, 1.54) is 6.92 Å². The van der Waals surface area contributed by atoms with Gasteiger partial charge in [-0.1, -0.05) is 78.9 Å². The summed E-state index contributed by atoms with van der Waals surface area (Å²) in [7, 11) is 0. The van der Waals surface area contributed by atoms with Crippen LogP contribution in [0, 0.1) is 6.92 Å². The summed E-state index contributed by atoms with van der Waals surface area (Å²) in [6.45, 7) is 4.97. The van der Waals surface area contributed by atoms with E-state index in [1.807, 2.05) is 109 Å². The number of aromatic nitrogens is 2. The highest BCUT2D eigenvalue weighted by atomic mass is 16.2. The number of amides is 3. The van der Waals surface area contributed by atoms with Crippen molar-refractivity contribution in [3.63, 3.8) is 0 Å². The summed E-state index contributed by atoms with van der Waals surface area (Å²) in [4.78, 5) is 38.3. The number of nitrogens with one attached hydrogen (secondary N) is 3. The molecule has 0 fully saturated rings. The van der Waals surface area contributed by atoms with Crippen molar-refractivity contribution in [3.05, 3.63) is 120 Å². The minimum atomic E-state index is -0.838. The third kappa shape index (κ3) is 7.66. The van der Waals surface area contributed by atoms with E-state index in [0.29, 0.717) is 12.8 Å². The summed E-state index contributed by atoms with van der Waals surface area (Å²) in [5, 5.41) is 13.4. The van der Waals surface area contributed by atoms with Crippen molar-refractivity contribution in [2.75, 3.05) is 0 Å². The summed E-state index contributed by atoms with van der Waals surface area (Å²) in [5.41, 5.74) is 4.54. The highest BCUT2D eigenvalue weighted by Crippen LogP contribution is 2.21. The Labute approximate surface area is 234 Å². The van der Waals surface area contributed by atoms with Crippen molar-refractivity contribution in [1.82, 2.24) is 25.7 Å². The Balaban J connectivity index is 1.50. The Kier molecular flexibility index (Phi) is 9.46. The van der Waals surface area contributed by atoms with Crippen LogP contribution in [-0.4, -0.2) is 39.6 Å². The Hall–Kier alpha value is -4.72. The zero-order valence-corrected chi connectivity index (χ0v) is 23.0. The molecule has 0 unspecified atom stereocenters. The molecule has 0 saturated carbocycles. The zero-order chi connectivity index (χ0) is 28.5. The minimum Gasteiger partial charge on any atom is -0.346 e. The SMILES string of the molecule is CC(=O)N[C@@H](Cc1ccccc1)C(=O)N[C@@H](C)C(=O)N[C@@H](Cc1ccccc1)c1cc(C)n(-c2ccccc2)n1. The predicted octanol–water partition coefficient (Wildman–Crippen LogP) is 3.83. The molecule has 0 saturated heterocycles. The molecule has 3 amide bonds. The molecule has 40 heavy (non-hydrogen) atoms. The average molecular weight is 538 g/mol. The number of hydrogen-bond donors (Lipinski definition) is 3. The number of nitrogens with zero attached hydrogens (tertiary/aromatic N) is 2. The van der Waals surface area contributed by atoms with Crippen LogP contribution < -0.4 is 16.0 Å². The normalized spacial score (nSPS) is 13.1. The predicted molar refractivity (Wildman–Crippen MR) is 155 cm³/mol. The third-order valence-electron chi connectivity index (χ3n) is 6.59. The van der Waals surface area contributed by atoms with Crippen LogP contribution in [0.1, 0.15) is 42.4 Å². The van der Waals surface area contributed by atoms with E-state index >= 15 is 0 Å². The first-order valence-corrected chi connectivity index (χ1v) is 13.4. The van der Waals surface area contributed by atoms with Crippen molar-refractivity contribution < 1.29 is 14.4 Å². The Morgan fingerprint density at radius 1 is 0.750 bits per heavy atom. The van der Waals surface area contributed by atoms with Gasteiger partial charge in [0.25, 0.3) is 0 Å². The van der Waals surface area contributed by atoms with Gasteiger partial charge in [-0.05, 0) is 49.6 Å². The topological polar surface area (TPSA) is 105 Å². The Morgan fingerprint density at radius 3 is 1.88 bits per heavy atom. The van der Waals surface area contributed by atoms with E-state index in [4.69, 9.17) is 5.10 Å². The molecule has 0 bridgehead atoms. The largest absolute Gasteiger partial charge is 0.346 e.